The van der Waals surface area contributed by atoms with Gasteiger partial charge in [-0.1, -0.05) is 18.9 Å². The Hall–Kier alpha value is -1.75. The van der Waals surface area contributed by atoms with Crippen molar-refractivity contribution in [3.8, 4) is 11.5 Å². The highest BCUT2D eigenvalue weighted by molar-refractivity contribution is 5.86. The summed E-state index contributed by atoms with van der Waals surface area (Å²) in [7, 11) is 1.61. The van der Waals surface area contributed by atoms with E-state index in [1.807, 2.05) is 39.0 Å². The molecule has 0 spiro atoms. The summed E-state index contributed by atoms with van der Waals surface area (Å²) in [6.07, 6.45) is 3.64. The molecule has 23 heavy (non-hydrogen) atoms. The zero-order valence-corrected chi connectivity index (χ0v) is 14.5. The minimum Gasteiger partial charge on any atom is -0.493 e. The number of hydrogen-bond donors (Lipinski definition) is 2. The fourth-order valence-electron chi connectivity index (χ4n) is 2.96. The maximum absolute atomic E-state index is 12.4. The van der Waals surface area contributed by atoms with Crippen LogP contribution in [0.15, 0.2) is 18.2 Å². The molecule has 128 valence electrons. The zero-order chi connectivity index (χ0) is 17.0. The molecular weight excluding hydrogens is 292 g/mol. The van der Waals surface area contributed by atoms with Gasteiger partial charge < -0.3 is 20.5 Å². The number of nitrogens with two attached hydrogens (primary N) is 1. The summed E-state index contributed by atoms with van der Waals surface area (Å²) in [5, 5.41) is 3.03. The van der Waals surface area contributed by atoms with E-state index >= 15 is 0 Å². The number of carbonyl (C=O) groups excluding carboxylic acids is 1. The number of rotatable bonds is 6. The van der Waals surface area contributed by atoms with Gasteiger partial charge >= 0.3 is 0 Å². The van der Waals surface area contributed by atoms with Crippen LogP contribution in [0.5, 0.6) is 11.5 Å². The van der Waals surface area contributed by atoms with E-state index in [9.17, 15) is 4.79 Å². The number of amides is 1. The van der Waals surface area contributed by atoms with Gasteiger partial charge in [0.1, 0.15) is 0 Å². The number of nitrogens with one attached hydrogen (secondary N) is 1. The molecule has 0 radical (unpaired) electrons. The molecule has 1 aromatic rings. The van der Waals surface area contributed by atoms with Crippen LogP contribution >= 0.6 is 0 Å². The normalized spacial score (nSPS) is 17.8. The average Bonchev–Trinajstić information content (AvgIpc) is 2.95. The van der Waals surface area contributed by atoms with E-state index in [1.165, 1.54) is 0 Å². The highest BCUT2D eigenvalue weighted by Crippen LogP contribution is 2.32. The van der Waals surface area contributed by atoms with Gasteiger partial charge in [-0.3, -0.25) is 4.79 Å². The summed E-state index contributed by atoms with van der Waals surface area (Å²) < 4.78 is 11.1. The van der Waals surface area contributed by atoms with Gasteiger partial charge in [-0.15, -0.1) is 0 Å². The van der Waals surface area contributed by atoms with Crippen LogP contribution in [0.3, 0.4) is 0 Å². The minimum absolute atomic E-state index is 0.0658. The van der Waals surface area contributed by atoms with Gasteiger partial charge in [0.05, 0.1) is 24.8 Å². The molecule has 1 unspecified atom stereocenters. The molecule has 0 bridgehead atoms. The molecule has 0 heterocycles. The van der Waals surface area contributed by atoms with Gasteiger partial charge in [0, 0.05) is 0 Å². The third-order valence-corrected chi connectivity index (χ3v) is 4.35. The largest absolute Gasteiger partial charge is 0.493 e. The van der Waals surface area contributed by atoms with Crippen molar-refractivity contribution in [1.82, 2.24) is 5.32 Å². The van der Waals surface area contributed by atoms with E-state index in [1.54, 1.807) is 7.11 Å². The predicted octanol–water partition coefficient (Wildman–Crippen LogP) is 2.93. The molecule has 0 aromatic heterocycles. The smallest absolute Gasteiger partial charge is 0.240 e. The van der Waals surface area contributed by atoms with Gasteiger partial charge in [-0.05, 0) is 51.3 Å². The van der Waals surface area contributed by atoms with Crippen molar-refractivity contribution in [2.75, 3.05) is 7.11 Å². The Morgan fingerprint density at radius 1 is 1.22 bits per heavy atom. The maximum Gasteiger partial charge on any atom is 0.240 e. The van der Waals surface area contributed by atoms with E-state index in [0.29, 0.717) is 11.5 Å². The molecule has 1 saturated carbocycles. The number of ether oxygens (including phenoxy) is 2. The first-order chi connectivity index (χ1) is 10.9. The third kappa shape index (κ3) is 4.16. The molecule has 2 rings (SSSR count). The first kappa shape index (κ1) is 17.6. The van der Waals surface area contributed by atoms with Crippen LogP contribution in [0.1, 0.15) is 58.1 Å². The maximum atomic E-state index is 12.4. The van der Waals surface area contributed by atoms with Crippen molar-refractivity contribution in [3.05, 3.63) is 23.8 Å². The van der Waals surface area contributed by atoms with Gasteiger partial charge in [-0.25, -0.2) is 0 Å². The number of methoxy groups -OCH3 is 1. The number of benzene rings is 1. The van der Waals surface area contributed by atoms with Crippen LogP contribution in [0.2, 0.25) is 0 Å². The fourth-order valence-corrected chi connectivity index (χ4v) is 2.96. The van der Waals surface area contributed by atoms with E-state index < -0.39 is 5.54 Å². The molecule has 1 aromatic carbocycles. The van der Waals surface area contributed by atoms with Crippen LogP contribution in [0.4, 0.5) is 0 Å². The molecule has 5 nitrogen and oxygen atoms in total. The summed E-state index contributed by atoms with van der Waals surface area (Å²) in [4.78, 5) is 12.4. The van der Waals surface area contributed by atoms with Gasteiger partial charge in [-0.2, -0.15) is 0 Å². The Morgan fingerprint density at radius 2 is 1.87 bits per heavy atom. The summed E-state index contributed by atoms with van der Waals surface area (Å²) in [6.45, 7) is 5.89. The molecule has 1 amide bonds. The summed E-state index contributed by atoms with van der Waals surface area (Å²) in [6, 6.07) is 5.60. The van der Waals surface area contributed by atoms with E-state index in [4.69, 9.17) is 15.2 Å². The Kier molecular flexibility index (Phi) is 5.52. The van der Waals surface area contributed by atoms with Gasteiger partial charge in [0.15, 0.2) is 11.5 Å². The van der Waals surface area contributed by atoms with Crippen LogP contribution in [0, 0.1) is 0 Å². The molecule has 0 saturated heterocycles. The number of hydrogen-bond acceptors (Lipinski definition) is 4. The lowest BCUT2D eigenvalue weighted by Gasteiger charge is -2.25. The topological polar surface area (TPSA) is 73.6 Å². The third-order valence-electron chi connectivity index (χ3n) is 4.35. The summed E-state index contributed by atoms with van der Waals surface area (Å²) in [5.74, 6) is 1.31. The van der Waals surface area contributed by atoms with Crippen molar-refractivity contribution < 1.29 is 14.3 Å². The van der Waals surface area contributed by atoms with E-state index in [0.717, 1.165) is 31.2 Å². The second kappa shape index (κ2) is 7.21. The molecule has 1 atom stereocenters. The van der Waals surface area contributed by atoms with Gasteiger partial charge in [0.2, 0.25) is 5.91 Å². The van der Waals surface area contributed by atoms with Crippen LogP contribution < -0.4 is 20.5 Å². The Balaban J connectivity index is 2.09. The zero-order valence-electron chi connectivity index (χ0n) is 14.5. The first-order valence-corrected chi connectivity index (χ1v) is 8.30. The van der Waals surface area contributed by atoms with Crippen molar-refractivity contribution in [2.24, 2.45) is 5.73 Å². The molecular formula is C18H28N2O3. The molecule has 1 aliphatic rings. The fraction of sp³-hybridized carbons (Fsp3) is 0.611. The first-order valence-electron chi connectivity index (χ1n) is 8.30. The van der Waals surface area contributed by atoms with Crippen LogP contribution in [-0.4, -0.2) is 24.7 Å². The van der Waals surface area contributed by atoms with E-state index in [2.05, 4.69) is 5.32 Å². The van der Waals surface area contributed by atoms with Crippen LogP contribution in [0.25, 0.3) is 0 Å². The van der Waals surface area contributed by atoms with E-state index in [-0.39, 0.29) is 18.1 Å². The lowest BCUT2D eigenvalue weighted by molar-refractivity contribution is -0.126. The minimum atomic E-state index is -0.709. The molecule has 3 N–H and O–H groups in total. The second-order valence-electron chi connectivity index (χ2n) is 6.64. The van der Waals surface area contributed by atoms with Crippen molar-refractivity contribution in [3.63, 3.8) is 0 Å². The summed E-state index contributed by atoms with van der Waals surface area (Å²) >= 11 is 0. The molecule has 1 fully saturated rings. The Morgan fingerprint density at radius 3 is 2.43 bits per heavy atom. The standard InChI is InChI=1S/C18H28N2O3/c1-12(2)23-15-8-7-14(11-16(15)22-4)13(3)20-17(21)18(19)9-5-6-10-18/h7-8,11-13H,5-6,9-10,19H2,1-4H3,(H,20,21). The second-order valence-corrected chi connectivity index (χ2v) is 6.64. The Bertz CT molecular complexity index is 551. The molecule has 1 aliphatic carbocycles. The quantitative estimate of drug-likeness (QED) is 0.845. The van der Waals surface area contributed by atoms with Crippen LogP contribution in [-0.2, 0) is 4.79 Å². The van der Waals surface area contributed by atoms with Crippen molar-refractivity contribution in [2.45, 2.75) is 64.1 Å². The van der Waals surface area contributed by atoms with Crippen molar-refractivity contribution >= 4 is 5.91 Å². The molecule has 5 heteroatoms. The lowest BCUT2D eigenvalue weighted by atomic mass is 9.97. The monoisotopic (exact) mass is 320 g/mol. The SMILES string of the molecule is COc1cc(C(C)NC(=O)C2(N)CCCC2)ccc1OC(C)C. The highest BCUT2D eigenvalue weighted by Gasteiger charge is 2.37. The number of carbonyl (C=O) groups is 1. The Labute approximate surface area is 138 Å². The lowest BCUT2D eigenvalue weighted by Crippen LogP contribution is -2.52. The molecule has 0 aliphatic heterocycles. The predicted molar refractivity (Wildman–Crippen MR) is 90.7 cm³/mol. The van der Waals surface area contributed by atoms with Gasteiger partial charge in [0.25, 0.3) is 0 Å². The van der Waals surface area contributed by atoms with Crippen molar-refractivity contribution in [1.29, 1.82) is 0 Å². The summed E-state index contributed by atoms with van der Waals surface area (Å²) in [5.41, 5.74) is 6.46. The average molecular weight is 320 g/mol. The highest BCUT2D eigenvalue weighted by atomic mass is 16.5.